The molecule has 0 bridgehead atoms. The SMILES string of the molecule is Cc1ccc(/C=C/C(=O)N2CCN(C(=O)C(C)(C)C)C2=O)cc1. The van der Waals surface area contributed by atoms with Crippen molar-refractivity contribution in [3.8, 4) is 0 Å². The monoisotopic (exact) mass is 314 g/mol. The molecule has 0 N–H and O–H groups in total. The zero-order chi connectivity index (χ0) is 17.2. The maximum absolute atomic E-state index is 12.3. The Hall–Kier alpha value is -2.43. The average molecular weight is 314 g/mol. The number of imide groups is 2. The lowest BCUT2D eigenvalue weighted by Crippen LogP contribution is -2.43. The normalized spacial score (nSPS) is 15.6. The van der Waals surface area contributed by atoms with Crippen molar-refractivity contribution in [2.24, 2.45) is 5.41 Å². The summed E-state index contributed by atoms with van der Waals surface area (Å²) in [4.78, 5) is 38.9. The first-order chi connectivity index (χ1) is 10.7. The Morgan fingerprint density at radius 2 is 1.61 bits per heavy atom. The van der Waals surface area contributed by atoms with Gasteiger partial charge in [0, 0.05) is 24.6 Å². The van der Waals surface area contributed by atoms with Crippen molar-refractivity contribution in [3.63, 3.8) is 0 Å². The maximum Gasteiger partial charge on any atom is 0.333 e. The molecule has 0 radical (unpaired) electrons. The molecule has 5 nitrogen and oxygen atoms in total. The van der Waals surface area contributed by atoms with Gasteiger partial charge in [-0.2, -0.15) is 0 Å². The Kier molecular flexibility index (Phi) is 4.68. The molecule has 0 aliphatic carbocycles. The number of carbonyl (C=O) groups excluding carboxylic acids is 3. The number of amides is 4. The van der Waals surface area contributed by atoms with Crippen LogP contribution in [0.3, 0.4) is 0 Å². The molecule has 1 heterocycles. The second kappa shape index (κ2) is 6.36. The molecule has 1 aliphatic heterocycles. The van der Waals surface area contributed by atoms with Gasteiger partial charge in [0.05, 0.1) is 0 Å². The summed E-state index contributed by atoms with van der Waals surface area (Å²) in [5.74, 6) is -0.667. The summed E-state index contributed by atoms with van der Waals surface area (Å²) in [6.07, 6.45) is 3.04. The molecule has 4 amide bonds. The van der Waals surface area contributed by atoms with E-state index in [2.05, 4.69) is 0 Å². The molecule has 1 saturated heterocycles. The first-order valence-electron chi connectivity index (χ1n) is 7.62. The topological polar surface area (TPSA) is 57.7 Å². The molecule has 2 rings (SSSR count). The van der Waals surface area contributed by atoms with Crippen LogP contribution in [0, 0.1) is 12.3 Å². The fourth-order valence-corrected chi connectivity index (χ4v) is 2.27. The zero-order valence-corrected chi connectivity index (χ0v) is 14.0. The molecule has 0 unspecified atom stereocenters. The number of carbonyl (C=O) groups is 3. The lowest BCUT2D eigenvalue weighted by Gasteiger charge is -2.23. The largest absolute Gasteiger partial charge is 0.333 e. The van der Waals surface area contributed by atoms with Crippen LogP contribution in [0.1, 0.15) is 31.9 Å². The highest BCUT2D eigenvalue weighted by Crippen LogP contribution is 2.21. The minimum absolute atomic E-state index is 0.234. The predicted molar refractivity (Wildman–Crippen MR) is 88.5 cm³/mol. The molecule has 1 fully saturated rings. The third-order valence-electron chi connectivity index (χ3n) is 3.66. The van der Waals surface area contributed by atoms with Gasteiger partial charge in [0.25, 0.3) is 5.91 Å². The minimum atomic E-state index is -0.646. The molecule has 0 aromatic heterocycles. The molecule has 5 heteroatoms. The predicted octanol–water partition coefficient (Wildman–Crippen LogP) is 2.85. The summed E-state index contributed by atoms with van der Waals surface area (Å²) in [7, 11) is 0. The fourth-order valence-electron chi connectivity index (χ4n) is 2.27. The van der Waals surface area contributed by atoms with Crippen LogP contribution in [0.15, 0.2) is 30.3 Å². The number of hydrogen-bond donors (Lipinski definition) is 0. The summed E-state index contributed by atoms with van der Waals surface area (Å²) in [6, 6.07) is 7.17. The van der Waals surface area contributed by atoms with Crippen LogP contribution < -0.4 is 0 Å². The van der Waals surface area contributed by atoms with Crippen molar-refractivity contribution >= 4 is 23.9 Å². The number of nitrogens with zero attached hydrogens (tertiary/aromatic N) is 2. The third-order valence-corrected chi connectivity index (χ3v) is 3.66. The van der Waals surface area contributed by atoms with Crippen molar-refractivity contribution in [2.75, 3.05) is 13.1 Å². The first-order valence-corrected chi connectivity index (χ1v) is 7.62. The molecule has 1 aliphatic rings. The first kappa shape index (κ1) is 16.9. The second-order valence-corrected chi connectivity index (χ2v) is 6.72. The van der Waals surface area contributed by atoms with Gasteiger partial charge in [-0.15, -0.1) is 0 Å². The fraction of sp³-hybridized carbons (Fsp3) is 0.389. The van der Waals surface area contributed by atoms with E-state index in [-0.39, 0.29) is 19.0 Å². The molecule has 122 valence electrons. The average Bonchev–Trinajstić information content (AvgIpc) is 2.86. The quantitative estimate of drug-likeness (QED) is 0.789. The Morgan fingerprint density at radius 3 is 2.17 bits per heavy atom. The van der Waals surface area contributed by atoms with E-state index in [1.807, 2.05) is 31.2 Å². The minimum Gasteiger partial charge on any atom is -0.274 e. The Morgan fingerprint density at radius 1 is 1.04 bits per heavy atom. The van der Waals surface area contributed by atoms with Gasteiger partial charge in [0.2, 0.25) is 5.91 Å². The van der Waals surface area contributed by atoms with Gasteiger partial charge >= 0.3 is 6.03 Å². The molecule has 0 saturated carbocycles. The molecule has 1 aromatic rings. The number of urea groups is 1. The lowest BCUT2D eigenvalue weighted by atomic mass is 9.95. The van der Waals surface area contributed by atoms with Crippen molar-refractivity contribution < 1.29 is 14.4 Å². The highest BCUT2D eigenvalue weighted by atomic mass is 16.2. The number of benzene rings is 1. The molecular formula is C18H22N2O3. The summed E-state index contributed by atoms with van der Waals surface area (Å²) < 4.78 is 0. The van der Waals surface area contributed by atoms with Crippen LogP contribution in [0.4, 0.5) is 4.79 Å². The van der Waals surface area contributed by atoms with Crippen LogP contribution in [-0.2, 0) is 9.59 Å². The van der Waals surface area contributed by atoms with Gasteiger partial charge in [0.15, 0.2) is 0 Å². The van der Waals surface area contributed by atoms with Crippen molar-refractivity contribution in [1.82, 2.24) is 9.80 Å². The van der Waals surface area contributed by atoms with E-state index in [0.717, 1.165) is 20.9 Å². The van der Waals surface area contributed by atoms with Gasteiger partial charge < -0.3 is 0 Å². The highest BCUT2D eigenvalue weighted by Gasteiger charge is 2.39. The van der Waals surface area contributed by atoms with Crippen molar-refractivity contribution in [2.45, 2.75) is 27.7 Å². The Balaban J connectivity index is 2.05. The van der Waals surface area contributed by atoms with Crippen LogP contribution in [0.25, 0.3) is 6.08 Å². The van der Waals surface area contributed by atoms with E-state index in [1.54, 1.807) is 26.8 Å². The smallest absolute Gasteiger partial charge is 0.274 e. The third kappa shape index (κ3) is 3.86. The maximum atomic E-state index is 12.3. The van der Waals surface area contributed by atoms with Gasteiger partial charge in [-0.3, -0.25) is 19.4 Å². The van der Waals surface area contributed by atoms with Gasteiger partial charge in [-0.05, 0) is 18.6 Å². The van der Waals surface area contributed by atoms with Gasteiger partial charge in [0.1, 0.15) is 0 Å². The van der Waals surface area contributed by atoms with Crippen molar-refractivity contribution in [1.29, 1.82) is 0 Å². The summed E-state index contributed by atoms with van der Waals surface area (Å²) in [6.45, 7) is 7.73. The standard InChI is InChI=1S/C18H22N2O3/c1-13-5-7-14(8-6-13)9-10-15(21)19-11-12-20(17(19)23)16(22)18(2,3)4/h5-10H,11-12H2,1-4H3/b10-9+. The molecule has 0 spiro atoms. The van der Waals surface area contributed by atoms with Crippen LogP contribution >= 0.6 is 0 Å². The van der Waals surface area contributed by atoms with Crippen LogP contribution in [0.5, 0.6) is 0 Å². The summed E-state index contributed by atoms with van der Waals surface area (Å²) >= 11 is 0. The highest BCUT2D eigenvalue weighted by molar-refractivity contribution is 6.08. The lowest BCUT2D eigenvalue weighted by molar-refractivity contribution is -0.135. The van der Waals surface area contributed by atoms with Crippen LogP contribution in [0.2, 0.25) is 0 Å². The number of hydrogen-bond acceptors (Lipinski definition) is 3. The molecule has 1 aromatic carbocycles. The van der Waals surface area contributed by atoms with E-state index in [9.17, 15) is 14.4 Å². The molecule has 0 atom stereocenters. The van der Waals surface area contributed by atoms with Gasteiger partial charge in [-0.1, -0.05) is 50.6 Å². The van der Waals surface area contributed by atoms with E-state index in [0.29, 0.717) is 0 Å². The number of aryl methyl sites for hydroxylation is 1. The van der Waals surface area contributed by atoms with E-state index in [1.165, 1.54) is 6.08 Å². The van der Waals surface area contributed by atoms with Crippen LogP contribution in [-0.4, -0.2) is 40.7 Å². The Labute approximate surface area is 136 Å². The van der Waals surface area contributed by atoms with E-state index in [4.69, 9.17) is 0 Å². The summed E-state index contributed by atoms with van der Waals surface area (Å²) in [5, 5.41) is 0. The van der Waals surface area contributed by atoms with Crippen molar-refractivity contribution in [3.05, 3.63) is 41.5 Å². The zero-order valence-electron chi connectivity index (χ0n) is 14.0. The van der Waals surface area contributed by atoms with E-state index < -0.39 is 17.4 Å². The summed E-state index contributed by atoms with van der Waals surface area (Å²) in [5.41, 5.74) is 1.38. The van der Waals surface area contributed by atoms with Gasteiger partial charge in [-0.25, -0.2) is 4.79 Å². The molecule has 23 heavy (non-hydrogen) atoms. The Bertz CT molecular complexity index is 654. The van der Waals surface area contributed by atoms with E-state index >= 15 is 0 Å². The second-order valence-electron chi connectivity index (χ2n) is 6.72. The number of rotatable bonds is 2. The molecular weight excluding hydrogens is 292 g/mol.